The van der Waals surface area contributed by atoms with Crippen LogP contribution in [0.15, 0.2) is 30.7 Å². The second-order valence-corrected chi connectivity index (χ2v) is 5.78. The third-order valence-corrected chi connectivity index (χ3v) is 3.32. The average molecular weight is 372 g/mol. The van der Waals surface area contributed by atoms with E-state index in [-0.39, 0.29) is 17.1 Å². The summed E-state index contributed by atoms with van der Waals surface area (Å²) in [5.41, 5.74) is -1.08. The van der Waals surface area contributed by atoms with Gasteiger partial charge in [-0.15, -0.1) is 0 Å². The molecule has 2 heterocycles. The fourth-order valence-corrected chi connectivity index (χ4v) is 1.78. The number of alkyl halides is 3. The van der Waals surface area contributed by atoms with E-state index in [1.807, 2.05) is 0 Å². The SMILES string of the molecule is CC(C)(C(=O)O)n1cc(NC(=O)c2ccnc(OCC(F)(F)F)c2)cn1. The van der Waals surface area contributed by atoms with E-state index in [2.05, 4.69) is 20.1 Å². The van der Waals surface area contributed by atoms with E-state index in [4.69, 9.17) is 5.11 Å². The Morgan fingerprint density at radius 2 is 2.04 bits per heavy atom. The number of aliphatic carboxylic acids is 1. The number of hydrogen-bond acceptors (Lipinski definition) is 5. The van der Waals surface area contributed by atoms with Crippen LogP contribution in [0, 0.1) is 0 Å². The normalized spacial score (nSPS) is 11.9. The molecule has 0 aliphatic rings. The largest absolute Gasteiger partial charge is 0.479 e. The van der Waals surface area contributed by atoms with Crippen LogP contribution >= 0.6 is 0 Å². The number of carboxylic acids is 1. The highest BCUT2D eigenvalue weighted by Gasteiger charge is 2.30. The molecule has 0 fully saturated rings. The number of amides is 1. The van der Waals surface area contributed by atoms with E-state index in [9.17, 15) is 22.8 Å². The van der Waals surface area contributed by atoms with Crippen LogP contribution in [0.4, 0.5) is 18.9 Å². The van der Waals surface area contributed by atoms with Gasteiger partial charge in [-0.1, -0.05) is 0 Å². The smallest absolute Gasteiger partial charge is 0.422 e. The maximum absolute atomic E-state index is 12.2. The minimum Gasteiger partial charge on any atom is -0.479 e. The van der Waals surface area contributed by atoms with Gasteiger partial charge in [0.25, 0.3) is 5.91 Å². The van der Waals surface area contributed by atoms with Gasteiger partial charge in [-0.2, -0.15) is 18.3 Å². The number of anilines is 1. The van der Waals surface area contributed by atoms with E-state index in [0.29, 0.717) is 0 Å². The third-order valence-electron chi connectivity index (χ3n) is 3.32. The van der Waals surface area contributed by atoms with Crippen molar-refractivity contribution in [1.82, 2.24) is 14.8 Å². The fraction of sp³-hybridized carbons (Fsp3) is 0.333. The molecule has 11 heteroatoms. The van der Waals surface area contributed by atoms with Crippen LogP contribution in [-0.4, -0.2) is 44.5 Å². The van der Waals surface area contributed by atoms with Crippen molar-refractivity contribution in [1.29, 1.82) is 0 Å². The number of carbonyl (C=O) groups is 2. The summed E-state index contributed by atoms with van der Waals surface area (Å²) in [6.45, 7) is 1.34. The zero-order valence-electron chi connectivity index (χ0n) is 13.7. The molecule has 0 atom stereocenters. The number of halogens is 3. The minimum absolute atomic E-state index is 0.0161. The number of rotatable bonds is 6. The number of pyridine rings is 1. The Hall–Kier alpha value is -3.11. The summed E-state index contributed by atoms with van der Waals surface area (Å²) in [7, 11) is 0. The minimum atomic E-state index is -4.52. The Balaban J connectivity index is 2.09. The molecule has 2 aromatic heterocycles. The second kappa shape index (κ2) is 7.02. The van der Waals surface area contributed by atoms with Crippen LogP contribution in [0.1, 0.15) is 24.2 Å². The van der Waals surface area contributed by atoms with Crippen LogP contribution in [0.2, 0.25) is 0 Å². The van der Waals surface area contributed by atoms with Gasteiger partial charge in [0.1, 0.15) is 0 Å². The standard InChI is InChI=1S/C15H15F3N4O4/c1-14(2,13(24)25)22-7-10(6-20-22)21-12(23)9-3-4-19-11(5-9)26-8-15(16,17)18/h3-7H,8H2,1-2H3,(H,21,23)(H,24,25). The summed E-state index contributed by atoms with van der Waals surface area (Å²) in [5, 5.41) is 15.5. The molecule has 0 saturated heterocycles. The van der Waals surface area contributed by atoms with Crippen molar-refractivity contribution in [2.24, 2.45) is 0 Å². The fourth-order valence-electron chi connectivity index (χ4n) is 1.78. The Morgan fingerprint density at radius 1 is 1.35 bits per heavy atom. The number of nitrogens with one attached hydrogen (secondary N) is 1. The van der Waals surface area contributed by atoms with Crippen molar-refractivity contribution < 1.29 is 32.6 Å². The zero-order chi connectivity index (χ0) is 19.5. The molecule has 0 aliphatic heterocycles. The van der Waals surface area contributed by atoms with Crippen molar-refractivity contribution in [3.8, 4) is 5.88 Å². The predicted octanol–water partition coefficient (Wildman–Crippen LogP) is 2.29. The lowest BCUT2D eigenvalue weighted by Gasteiger charge is -2.19. The van der Waals surface area contributed by atoms with Crippen molar-refractivity contribution >= 4 is 17.6 Å². The summed E-state index contributed by atoms with van der Waals surface area (Å²) in [6.07, 6.45) is -0.803. The molecule has 0 aromatic carbocycles. The summed E-state index contributed by atoms with van der Waals surface area (Å²) in [5.74, 6) is -2.10. The van der Waals surface area contributed by atoms with Crippen LogP contribution in [0.3, 0.4) is 0 Å². The van der Waals surface area contributed by atoms with Crippen molar-refractivity contribution in [2.75, 3.05) is 11.9 Å². The first kappa shape index (κ1) is 19.2. The van der Waals surface area contributed by atoms with Crippen LogP contribution in [0.25, 0.3) is 0 Å². The molecule has 1 amide bonds. The number of aromatic nitrogens is 3. The van der Waals surface area contributed by atoms with Gasteiger partial charge < -0.3 is 15.2 Å². The van der Waals surface area contributed by atoms with Gasteiger partial charge in [-0.05, 0) is 19.9 Å². The Labute approximate surface area is 145 Å². The quantitative estimate of drug-likeness (QED) is 0.806. The molecule has 0 aliphatic carbocycles. The molecule has 0 spiro atoms. The predicted molar refractivity (Wildman–Crippen MR) is 82.9 cm³/mol. The number of carbonyl (C=O) groups excluding carboxylic acids is 1. The molecule has 0 bridgehead atoms. The summed E-state index contributed by atoms with van der Waals surface area (Å²) in [4.78, 5) is 27.0. The average Bonchev–Trinajstić information content (AvgIpc) is 3.01. The van der Waals surface area contributed by atoms with E-state index in [1.54, 1.807) is 0 Å². The first-order valence-electron chi connectivity index (χ1n) is 7.24. The van der Waals surface area contributed by atoms with E-state index >= 15 is 0 Å². The van der Waals surface area contributed by atoms with Crippen LogP contribution in [0.5, 0.6) is 5.88 Å². The summed E-state index contributed by atoms with van der Waals surface area (Å²) >= 11 is 0. The maximum atomic E-state index is 12.2. The molecular weight excluding hydrogens is 357 g/mol. The molecule has 2 N–H and O–H groups in total. The number of ether oxygens (including phenoxy) is 1. The maximum Gasteiger partial charge on any atom is 0.422 e. The molecule has 0 saturated carbocycles. The molecule has 0 unspecified atom stereocenters. The second-order valence-electron chi connectivity index (χ2n) is 5.78. The zero-order valence-corrected chi connectivity index (χ0v) is 13.7. The molecular formula is C15H15F3N4O4. The van der Waals surface area contributed by atoms with Gasteiger partial charge in [0.15, 0.2) is 12.1 Å². The number of nitrogens with zero attached hydrogens (tertiary/aromatic N) is 3. The van der Waals surface area contributed by atoms with Crippen LogP contribution < -0.4 is 10.1 Å². The molecule has 2 rings (SSSR count). The lowest BCUT2D eigenvalue weighted by Crippen LogP contribution is -2.35. The first-order valence-corrected chi connectivity index (χ1v) is 7.24. The van der Waals surface area contributed by atoms with Crippen LogP contribution in [-0.2, 0) is 10.3 Å². The molecule has 8 nitrogen and oxygen atoms in total. The van der Waals surface area contributed by atoms with Gasteiger partial charge in [0.2, 0.25) is 5.88 Å². The third kappa shape index (κ3) is 4.71. The van der Waals surface area contributed by atoms with Crippen molar-refractivity contribution in [3.05, 3.63) is 36.3 Å². The molecule has 140 valence electrons. The molecule has 2 aromatic rings. The highest BCUT2D eigenvalue weighted by atomic mass is 19.4. The highest BCUT2D eigenvalue weighted by Crippen LogP contribution is 2.20. The summed E-state index contributed by atoms with van der Waals surface area (Å²) in [6, 6.07) is 2.36. The lowest BCUT2D eigenvalue weighted by atomic mass is 10.1. The number of hydrogen-bond donors (Lipinski definition) is 2. The molecule has 0 radical (unpaired) electrons. The Bertz CT molecular complexity index is 817. The van der Waals surface area contributed by atoms with Crippen molar-refractivity contribution in [3.63, 3.8) is 0 Å². The monoisotopic (exact) mass is 372 g/mol. The molecule has 26 heavy (non-hydrogen) atoms. The van der Waals surface area contributed by atoms with E-state index < -0.39 is 30.2 Å². The van der Waals surface area contributed by atoms with Gasteiger partial charge in [-0.25, -0.2) is 9.78 Å². The lowest BCUT2D eigenvalue weighted by molar-refractivity contribution is -0.154. The van der Waals surface area contributed by atoms with Gasteiger partial charge in [-0.3, -0.25) is 9.48 Å². The van der Waals surface area contributed by atoms with Gasteiger partial charge in [0, 0.05) is 24.0 Å². The van der Waals surface area contributed by atoms with Crippen molar-refractivity contribution in [2.45, 2.75) is 25.6 Å². The van der Waals surface area contributed by atoms with Gasteiger partial charge >= 0.3 is 12.1 Å². The number of carboxylic acid groups (broad SMARTS) is 1. The topological polar surface area (TPSA) is 106 Å². The Kier molecular flexibility index (Phi) is 5.19. The van der Waals surface area contributed by atoms with Gasteiger partial charge in [0.05, 0.1) is 11.9 Å². The van der Waals surface area contributed by atoms with E-state index in [1.165, 1.54) is 32.3 Å². The summed E-state index contributed by atoms with van der Waals surface area (Å²) < 4.78 is 42.1. The highest BCUT2D eigenvalue weighted by molar-refractivity contribution is 6.04. The first-order chi connectivity index (χ1) is 12.0. The Morgan fingerprint density at radius 3 is 2.65 bits per heavy atom. The van der Waals surface area contributed by atoms with E-state index in [0.717, 1.165) is 16.9 Å².